The average Bonchev–Trinajstić information content (AvgIpc) is 2.55. The van der Waals surface area contributed by atoms with Crippen LogP contribution in [-0.2, 0) is 4.79 Å². The predicted molar refractivity (Wildman–Crippen MR) is 92.9 cm³/mol. The second kappa shape index (κ2) is 8.17. The summed E-state index contributed by atoms with van der Waals surface area (Å²) >= 11 is 0. The van der Waals surface area contributed by atoms with Crippen LogP contribution in [0, 0.1) is 0 Å². The highest BCUT2D eigenvalue weighted by molar-refractivity contribution is 5.92. The number of benzene rings is 1. The van der Waals surface area contributed by atoms with E-state index >= 15 is 0 Å². The molecule has 1 heterocycles. The van der Waals surface area contributed by atoms with E-state index in [0.29, 0.717) is 5.91 Å². The maximum atomic E-state index is 12.7. The largest absolute Gasteiger partial charge is 0.334 e. The Morgan fingerprint density at radius 2 is 1.86 bits per heavy atom. The van der Waals surface area contributed by atoms with Gasteiger partial charge in [0.25, 0.3) is 0 Å². The number of hydrogen-bond donors (Lipinski definition) is 0. The Morgan fingerprint density at radius 3 is 2.45 bits per heavy atom. The van der Waals surface area contributed by atoms with E-state index in [1.165, 1.54) is 11.1 Å². The van der Waals surface area contributed by atoms with Gasteiger partial charge in [0.15, 0.2) is 0 Å². The highest BCUT2D eigenvalue weighted by atomic mass is 16.2. The number of β-lactam (4-membered cyclic amide) rings is 1. The second-order valence-corrected chi connectivity index (χ2v) is 6.14. The normalized spacial score (nSPS) is 21.9. The molecule has 2 atom stereocenters. The lowest BCUT2D eigenvalue weighted by Gasteiger charge is -2.49. The lowest BCUT2D eigenvalue weighted by molar-refractivity contribution is -0.147. The lowest BCUT2D eigenvalue weighted by Crippen LogP contribution is -2.60. The second-order valence-electron chi connectivity index (χ2n) is 6.14. The third-order valence-electron chi connectivity index (χ3n) is 4.60. The first-order valence-electron chi connectivity index (χ1n) is 8.78. The van der Waals surface area contributed by atoms with Crippen molar-refractivity contribution in [2.75, 3.05) is 6.54 Å². The van der Waals surface area contributed by atoms with Crippen molar-refractivity contribution in [1.82, 2.24) is 4.90 Å². The van der Waals surface area contributed by atoms with Crippen molar-refractivity contribution in [3.8, 4) is 0 Å². The van der Waals surface area contributed by atoms with E-state index in [4.69, 9.17) is 0 Å². The monoisotopic (exact) mass is 299 g/mol. The van der Waals surface area contributed by atoms with Gasteiger partial charge in [0, 0.05) is 6.54 Å². The maximum absolute atomic E-state index is 12.7. The SMILES string of the molecule is CCC/C=C(\CC)[C@@H]1[C@@H](c2ccccc2)C(=O)N1CCCC. The zero-order chi connectivity index (χ0) is 15.9. The van der Waals surface area contributed by atoms with E-state index in [1.54, 1.807) is 0 Å². The maximum Gasteiger partial charge on any atom is 0.233 e. The van der Waals surface area contributed by atoms with Crippen LogP contribution >= 0.6 is 0 Å². The lowest BCUT2D eigenvalue weighted by atomic mass is 9.76. The minimum atomic E-state index is 0.0288. The third-order valence-corrected chi connectivity index (χ3v) is 4.60. The number of amides is 1. The fourth-order valence-electron chi connectivity index (χ4n) is 3.33. The summed E-state index contributed by atoms with van der Waals surface area (Å²) in [5.74, 6) is 0.335. The van der Waals surface area contributed by atoms with E-state index in [9.17, 15) is 4.79 Å². The van der Waals surface area contributed by atoms with Crippen molar-refractivity contribution >= 4 is 5.91 Å². The van der Waals surface area contributed by atoms with Gasteiger partial charge in [-0.3, -0.25) is 4.79 Å². The first kappa shape index (κ1) is 16.8. The van der Waals surface area contributed by atoms with Gasteiger partial charge in [-0.2, -0.15) is 0 Å². The van der Waals surface area contributed by atoms with E-state index in [-0.39, 0.29) is 12.0 Å². The Bertz CT molecular complexity index is 506. The Labute approximate surface area is 135 Å². The van der Waals surface area contributed by atoms with Crippen LogP contribution in [0.15, 0.2) is 42.0 Å². The van der Waals surface area contributed by atoms with Crippen molar-refractivity contribution in [2.24, 2.45) is 0 Å². The van der Waals surface area contributed by atoms with Crippen molar-refractivity contribution in [1.29, 1.82) is 0 Å². The molecule has 2 rings (SSSR count). The summed E-state index contributed by atoms with van der Waals surface area (Å²) in [6.45, 7) is 7.50. The number of likely N-dealkylation sites (tertiary alicyclic amines) is 1. The molecule has 2 nitrogen and oxygen atoms in total. The van der Waals surface area contributed by atoms with E-state index in [0.717, 1.165) is 38.6 Å². The topological polar surface area (TPSA) is 20.3 Å². The highest BCUT2D eigenvalue weighted by Gasteiger charge is 2.48. The Morgan fingerprint density at radius 1 is 1.14 bits per heavy atom. The Kier molecular flexibility index (Phi) is 6.23. The van der Waals surface area contributed by atoms with Gasteiger partial charge in [-0.1, -0.05) is 75.6 Å². The molecule has 1 aliphatic rings. The van der Waals surface area contributed by atoms with Crippen LogP contribution in [0.4, 0.5) is 0 Å². The molecule has 1 saturated heterocycles. The Balaban J connectivity index is 2.26. The molecule has 22 heavy (non-hydrogen) atoms. The number of nitrogens with zero attached hydrogens (tertiary/aromatic N) is 1. The molecule has 1 aliphatic heterocycles. The summed E-state index contributed by atoms with van der Waals surface area (Å²) in [7, 11) is 0. The third kappa shape index (κ3) is 3.43. The summed E-state index contributed by atoms with van der Waals surface area (Å²) in [4.78, 5) is 14.8. The molecule has 120 valence electrons. The van der Waals surface area contributed by atoms with Gasteiger partial charge in [0.05, 0.1) is 12.0 Å². The fourth-order valence-corrected chi connectivity index (χ4v) is 3.33. The molecule has 0 aromatic heterocycles. The zero-order valence-electron chi connectivity index (χ0n) is 14.2. The molecule has 1 amide bonds. The first-order valence-corrected chi connectivity index (χ1v) is 8.78. The van der Waals surface area contributed by atoms with Crippen LogP contribution in [-0.4, -0.2) is 23.4 Å². The van der Waals surface area contributed by atoms with Crippen LogP contribution in [0.5, 0.6) is 0 Å². The van der Waals surface area contributed by atoms with Gasteiger partial charge in [-0.05, 0) is 24.8 Å². The van der Waals surface area contributed by atoms with Crippen LogP contribution < -0.4 is 0 Å². The highest BCUT2D eigenvalue weighted by Crippen LogP contribution is 2.40. The molecular formula is C20H29NO. The predicted octanol–water partition coefficient (Wildman–Crippen LogP) is 4.92. The van der Waals surface area contributed by atoms with Crippen molar-refractivity contribution in [3.05, 3.63) is 47.5 Å². The molecule has 0 unspecified atom stereocenters. The fraction of sp³-hybridized carbons (Fsp3) is 0.550. The van der Waals surface area contributed by atoms with E-state index in [2.05, 4.69) is 43.9 Å². The molecule has 0 N–H and O–H groups in total. The number of carbonyl (C=O) groups excluding carboxylic acids is 1. The van der Waals surface area contributed by atoms with Gasteiger partial charge < -0.3 is 4.90 Å². The summed E-state index contributed by atoms with van der Waals surface area (Å²) in [5.41, 5.74) is 2.60. The molecule has 2 heteroatoms. The van der Waals surface area contributed by atoms with Crippen molar-refractivity contribution in [3.63, 3.8) is 0 Å². The summed E-state index contributed by atoms with van der Waals surface area (Å²) in [6.07, 6.45) is 7.89. The van der Waals surface area contributed by atoms with Crippen molar-refractivity contribution < 1.29 is 4.79 Å². The summed E-state index contributed by atoms with van der Waals surface area (Å²) < 4.78 is 0. The van der Waals surface area contributed by atoms with Crippen LogP contribution in [0.25, 0.3) is 0 Å². The van der Waals surface area contributed by atoms with Gasteiger partial charge in [-0.15, -0.1) is 0 Å². The minimum absolute atomic E-state index is 0.0288. The van der Waals surface area contributed by atoms with Gasteiger partial charge >= 0.3 is 0 Å². The molecule has 1 aromatic carbocycles. The van der Waals surface area contributed by atoms with Gasteiger partial charge in [0.1, 0.15) is 0 Å². The molecule has 1 aromatic rings. The number of rotatable bonds is 8. The van der Waals surface area contributed by atoms with Gasteiger partial charge in [-0.25, -0.2) is 0 Å². The average molecular weight is 299 g/mol. The Hall–Kier alpha value is -1.57. The molecule has 1 fully saturated rings. The van der Waals surface area contributed by atoms with Crippen LogP contribution in [0.2, 0.25) is 0 Å². The van der Waals surface area contributed by atoms with Crippen LogP contribution in [0.3, 0.4) is 0 Å². The number of hydrogen-bond acceptors (Lipinski definition) is 1. The van der Waals surface area contributed by atoms with E-state index in [1.807, 2.05) is 18.2 Å². The van der Waals surface area contributed by atoms with E-state index < -0.39 is 0 Å². The van der Waals surface area contributed by atoms with Crippen molar-refractivity contribution in [2.45, 2.75) is 64.8 Å². The molecule has 0 saturated carbocycles. The first-order chi connectivity index (χ1) is 10.7. The summed E-state index contributed by atoms with van der Waals surface area (Å²) in [5, 5.41) is 0. The number of carbonyl (C=O) groups is 1. The molecule has 0 bridgehead atoms. The molecule has 0 spiro atoms. The smallest absolute Gasteiger partial charge is 0.233 e. The minimum Gasteiger partial charge on any atom is -0.334 e. The molecular weight excluding hydrogens is 270 g/mol. The molecule has 0 radical (unpaired) electrons. The summed E-state index contributed by atoms with van der Waals surface area (Å²) in [6, 6.07) is 10.6. The molecule has 0 aliphatic carbocycles. The zero-order valence-corrected chi connectivity index (χ0v) is 14.2. The quantitative estimate of drug-likeness (QED) is 0.493. The number of allylic oxidation sites excluding steroid dienone is 1. The standard InChI is InChI=1S/C20H29NO/c1-4-7-12-16(6-3)19-18(17-13-10-9-11-14-17)20(22)21(19)15-8-5-2/h9-14,18-19H,4-8,15H2,1-3H3/b16-12+/t18-,19-/m1/s1. The number of unbranched alkanes of at least 4 members (excludes halogenated alkanes) is 2. The van der Waals surface area contributed by atoms with Crippen LogP contribution in [0.1, 0.15) is 64.4 Å². The van der Waals surface area contributed by atoms with Gasteiger partial charge in [0.2, 0.25) is 5.91 Å².